The Bertz CT molecular complexity index is 1230. The Morgan fingerprint density at radius 3 is 2.67 bits per heavy atom. The summed E-state index contributed by atoms with van der Waals surface area (Å²) in [5, 5.41) is 12.1. The van der Waals surface area contributed by atoms with Crippen molar-refractivity contribution in [1.82, 2.24) is 9.88 Å². The number of nitrogens with one attached hydrogen (secondary N) is 1. The summed E-state index contributed by atoms with van der Waals surface area (Å²) < 4.78 is 52.7. The van der Waals surface area contributed by atoms with Crippen molar-refractivity contribution in [2.24, 2.45) is 0 Å². The number of aliphatic hydroxyl groups excluding tert-OH is 1. The van der Waals surface area contributed by atoms with Gasteiger partial charge in [0, 0.05) is 23.7 Å². The lowest BCUT2D eigenvalue weighted by Gasteiger charge is -2.34. The Morgan fingerprint density at radius 1 is 1.24 bits per heavy atom. The smallest absolute Gasteiger partial charge is 0.322 e. The van der Waals surface area contributed by atoms with Gasteiger partial charge in [-0.1, -0.05) is 11.6 Å². The third-order valence-electron chi connectivity index (χ3n) is 5.26. The zero-order valence-electron chi connectivity index (χ0n) is 17.4. The van der Waals surface area contributed by atoms with E-state index < -0.39 is 29.5 Å². The number of anilines is 1. The summed E-state index contributed by atoms with van der Waals surface area (Å²) in [6, 6.07) is 4.50. The Hall–Kier alpha value is -3.08. The van der Waals surface area contributed by atoms with Crippen molar-refractivity contribution in [3.05, 3.63) is 64.1 Å². The van der Waals surface area contributed by atoms with Gasteiger partial charge in [-0.2, -0.15) is 0 Å². The fraction of sp³-hybridized carbons (Fsp3) is 0.273. The predicted molar refractivity (Wildman–Crippen MR) is 115 cm³/mol. The summed E-state index contributed by atoms with van der Waals surface area (Å²) in [5.74, 6) is -2.75. The van der Waals surface area contributed by atoms with E-state index in [1.54, 1.807) is 0 Å². The summed E-state index contributed by atoms with van der Waals surface area (Å²) >= 11 is 5.77. The molecule has 1 aliphatic rings. The van der Waals surface area contributed by atoms with Crippen LogP contribution in [0.5, 0.6) is 5.88 Å². The number of hydrogen-bond acceptors (Lipinski definition) is 5. The number of benzene rings is 2. The molecule has 11 heteroatoms. The van der Waals surface area contributed by atoms with Gasteiger partial charge in [-0.05, 0) is 35.7 Å². The van der Waals surface area contributed by atoms with Crippen molar-refractivity contribution in [2.45, 2.75) is 12.6 Å². The molecule has 7 nitrogen and oxygen atoms in total. The van der Waals surface area contributed by atoms with Crippen molar-refractivity contribution < 1.29 is 32.5 Å². The summed E-state index contributed by atoms with van der Waals surface area (Å²) in [7, 11) is 1.51. The summed E-state index contributed by atoms with van der Waals surface area (Å²) in [6.45, 7) is -0.237. The molecule has 2 heterocycles. The van der Waals surface area contributed by atoms with Gasteiger partial charge in [0.25, 0.3) is 0 Å². The molecule has 3 aromatic rings. The predicted octanol–water partition coefficient (Wildman–Crippen LogP) is 4.41. The molecule has 0 saturated carbocycles. The van der Waals surface area contributed by atoms with Crippen LogP contribution in [0.2, 0.25) is 5.02 Å². The lowest BCUT2D eigenvalue weighted by Crippen LogP contribution is -2.39. The molecule has 0 fully saturated rings. The van der Waals surface area contributed by atoms with Crippen LogP contribution in [-0.4, -0.2) is 47.9 Å². The van der Waals surface area contributed by atoms with Gasteiger partial charge in [-0.3, -0.25) is 0 Å². The largest absolute Gasteiger partial charge is 0.475 e. The standard InChI is InChI=1S/C22H19ClF3N3O4/c1-29(22(31)27-11-2-3-15(24)14(23)6-11)19-10-32-9-18-20(19)12-7-16(25)17(26)8-13(12)21(28-18)33-5-4-30/h2-3,6-8,19,30H,4-5,9-10H2,1H3,(H,27,31)/t19-/m1/s1. The monoisotopic (exact) mass is 481 g/mol. The second-order valence-electron chi connectivity index (χ2n) is 7.36. The highest BCUT2D eigenvalue weighted by Crippen LogP contribution is 2.38. The van der Waals surface area contributed by atoms with Crippen LogP contribution in [0.15, 0.2) is 30.3 Å². The highest BCUT2D eigenvalue weighted by molar-refractivity contribution is 6.31. The SMILES string of the molecule is CN(C(=O)Nc1ccc(F)c(Cl)c1)[C@@H]1COCc2nc(OCCO)c3cc(F)c(F)cc3c21. The second-order valence-corrected chi connectivity index (χ2v) is 7.77. The van der Waals surface area contributed by atoms with E-state index in [0.717, 1.165) is 18.2 Å². The molecule has 0 unspecified atom stereocenters. The number of pyridine rings is 1. The maximum Gasteiger partial charge on any atom is 0.322 e. The van der Waals surface area contributed by atoms with Gasteiger partial charge in [-0.25, -0.2) is 22.9 Å². The lowest BCUT2D eigenvalue weighted by atomic mass is 9.95. The molecule has 2 amide bonds. The fourth-order valence-corrected chi connectivity index (χ4v) is 3.84. The second kappa shape index (κ2) is 9.42. The Kier molecular flexibility index (Phi) is 6.59. The normalized spacial score (nSPS) is 15.3. The first-order valence-corrected chi connectivity index (χ1v) is 10.3. The number of ether oxygens (including phenoxy) is 2. The number of aromatic nitrogens is 1. The van der Waals surface area contributed by atoms with Gasteiger partial charge in [0.05, 0.1) is 36.6 Å². The van der Waals surface area contributed by atoms with Crippen LogP contribution in [0.4, 0.5) is 23.7 Å². The molecule has 0 saturated heterocycles. The zero-order chi connectivity index (χ0) is 23.7. The van der Waals surface area contributed by atoms with E-state index in [2.05, 4.69) is 10.3 Å². The van der Waals surface area contributed by atoms with Gasteiger partial charge in [0.2, 0.25) is 5.88 Å². The van der Waals surface area contributed by atoms with E-state index in [4.69, 9.17) is 26.2 Å². The van der Waals surface area contributed by atoms with Crippen LogP contribution in [0.3, 0.4) is 0 Å². The number of carbonyl (C=O) groups excluding carboxylic acids is 1. The first kappa shape index (κ1) is 23.1. The summed E-state index contributed by atoms with van der Waals surface area (Å²) in [6.07, 6.45) is 0. The van der Waals surface area contributed by atoms with E-state index in [9.17, 15) is 18.0 Å². The Morgan fingerprint density at radius 2 is 1.97 bits per heavy atom. The number of carbonyl (C=O) groups is 1. The van der Waals surface area contributed by atoms with Crippen molar-refractivity contribution in [1.29, 1.82) is 0 Å². The number of aliphatic hydroxyl groups is 1. The quantitative estimate of drug-likeness (QED) is 0.564. The lowest BCUT2D eigenvalue weighted by molar-refractivity contribution is 0.0523. The summed E-state index contributed by atoms with van der Waals surface area (Å²) in [5.41, 5.74) is 1.16. The number of fused-ring (bicyclic) bond motifs is 3. The molecular weight excluding hydrogens is 463 g/mol. The molecule has 33 heavy (non-hydrogen) atoms. The molecule has 1 atom stereocenters. The molecule has 174 valence electrons. The van der Waals surface area contributed by atoms with Crippen LogP contribution >= 0.6 is 11.6 Å². The number of likely N-dealkylation sites (N-methyl/N-ethyl adjacent to an activating group) is 1. The Labute approximate surface area is 191 Å². The van der Waals surface area contributed by atoms with Crippen molar-refractivity contribution in [3.63, 3.8) is 0 Å². The minimum atomic E-state index is -1.08. The number of urea groups is 1. The fourth-order valence-electron chi connectivity index (χ4n) is 3.66. The molecule has 4 rings (SSSR count). The van der Waals surface area contributed by atoms with E-state index in [0.29, 0.717) is 16.6 Å². The van der Waals surface area contributed by atoms with Gasteiger partial charge in [0.15, 0.2) is 11.6 Å². The average molecular weight is 482 g/mol. The summed E-state index contributed by atoms with van der Waals surface area (Å²) in [4.78, 5) is 18.6. The number of hydrogen-bond donors (Lipinski definition) is 2. The maximum absolute atomic E-state index is 14.2. The zero-order valence-corrected chi connectivity index (χ0v) is 18.1. The molecular formula is C22H19ClF3N3O4. The minimum absolute atomic E-state index is 0.0222. The van der Waals surface area contributed by atoms with E-state index in [-0.39, 0.29) is 48.4 Å². The molecule has 0 aliphatic carbocycles. The number of nitrogens with zero attached hydrogens (tertiary/aromatic N) is 2. The molecule has 0 radical (unpaired) electrons. The van der Waals surface area contributed by atoms with Gasteiger partial charge in [-0.15, -0.1) is 0 Å². The first-order valence-electron chi connectivity index (χ1n) is 9.92. The van der Waals surface area contributed by atoms with Crippen LogP contribution in [-0.2, 0) is 11.3 Å². The minimum Gasteiger partial charge on any atom is -0.475 e. The highest BCUT2D eigenvalue weighted by atomic mass is 35.5. The molecule has 0 bridgehead atoms. The van der Waals surface area contributed by atoms with Crippen LogP contribution < -0.4 is 10.1 Å². The first-order chi connectivity index (χ1) is 15.8. The topological polar surface area (TPSA) is 83.9 Å². The maximum atomic E-state index is 14.2. The van der Waals surface area contributed by atoms with Crippen molar-refractivity contribution in [3.8, 4) is 5.88 Å². The van der Waals surface area contributed by atoms with E-state index in [1.807, 2.05) is 0 Å². The number of amides is 2. The van der Waals surface area contributed by atoms with E-state index >= 15 is 0 Å². The van der Waals surface area contributed by atoms with Crippen LogP contribution in [0.25, 0.3) is 10.8 Å². The highest BCUT2D eigenvalue weighted by Gasteiger charge is 2.32. The molecule has 2 N–H and O–H groups in total. The van der Waals surface area contributed by atoms with Gasteiger partial charge < -0.3 is 24.8 Å². The molecule has 2 aromatic carbocycles. The van der Waals surface area contributed by atoms with Crippen molar-refractivity contribution >= 4 is 34.1 Å². The molecule has 1 aromatic heterocycles. The van der Waals surface area contributed by atoms with Gasteiger partial charge in [0.1, 0.15) is 12.4 Å². The third-order valence-corrected chi connectivity index (χ3v) is 5.55. The van der Waals surface area contributed by atoms with E-state index in [1.165, 1.54) is 24.1 Å². The Balaban J connectivity index is 1.74. The number of rotatable bonds is 5. The van der Waals surface area contributed by atoms with Crippen molar-refractivity contribution in [2.75, 3.05) is 32.2 Å². The third kappa shape index (κ3) is 4.54. The number of halogens is 4. The van der Waals surface area contributed by atoms with Crippen LogP contribution in [0.1, 0.15) is 17.3 Å². The average Bonchev–Trinajstić information content (AvgIpc) is 2.80. The van der Waals surface area contributed by atoms with Gasteiger partial charge >= 0.3 is 6.03 Å². The molecule has 0 spiro atoms. The van der Waals surface area contributed by atoms with Crippen LogP contribution in [0, 0.1) is 17.5 Å². The molecule has 1 aliphatic heterocycles.